The predicted octanol–water partition coefficient (Wildman–Crippen LogP) is 20.8. The first-order valence-electron chi connectivity index (χ1n) is 49.2. The van der Waals surface area contributed by atoms with Gasteiger partial charge in [-0.2, -0.15) is 0 Å². The number of alkyl carbamates (subject to hydrolysis) is 2. The van der Waals surface area contributed by atoms with Crippen LogP contribution in [0.5, 0.6) is 40.2 Å². The first kappa shape index (κ1) is 111. The van der Waals surface area contributed by atoms with E-state index in [1.54, 1.807) is 73.8 Å². The molecule has 5 aromatic heterocycles. The van der Waals surface area contributed by atoms with E-state index in [2.05, 4.69) is 157 Å². The molecule has 33 nitrogen and oxygen atoms in total. The predicted molar refractivity (Wildman–Crippen MR) is 586 cm³/mol. The second-order valence-electron chi connectivity index (χ2n) is 37.6. The summed E-state index contributed by atoms with van der Waals surface area (Å²) in [6, 6.07) is 71.3. The van der Waals surface area contributed by atoms with Crippen molar-refractivity contribution in [2.24, 2.45) is 5.73 Å². The fourth-order valence-corrected chi connectivity index (χ4v) is 14.5. The summed E-state index contributed by atoms with van der Waals surface area (Å²) in [4.78, 5) is 91.2. The molecule has 16 rings (SSSR count). The Kier molecular flexibility index (Phi) is 42.3. The summed E-state index contributed by atoms with van der Waals surface area (Å²) in [7, 11) is 13.9. The van der Waals surface area contributed by atoms with Crippen molar-refractivity contribution in [2.45, 2.75) is 124 Å². The molecule has 0 aliphatic rings. The number of unbranched alkanes of at least 4 members (excludes halogenated alkanes) is 2. The van der Waals surface area contributed by atoms with Crippen molar-refractivity contribution in [3.63, 3.8) is 0 Å². The SMILES string of the molecule is CC(C)(C)OC(=O)NCCCOc1ccc(N)c(N)c1.CCCCOc1ccc2nc(-c3ccc(C=O)cc3)[nH]c2c1.CN(C)CCCOc1ccc(N)c(N)c1.CN(C)CCCOc1ccc2nc(-c3ccc(-c4nc5ccc(CCCCNC(=O)OC(C)(C)C)cc5[nH]4)cc3)[nH]c2c1.CN(C)CCCOc1ccc2nc(-c3ccc(-c4nc5ccc(OCCCN)cc5[nH]4)cc3)[nH]c2c1.COc1ccc(C=O)cc1. The van der Waals surface area contributed by atoms with Gasteiger partial charge in [-0.1, -0.05) is 92.2 Å². The summed E-state index contributed by atoms with van der Waals surface area (Å²) >= 11 is 0. The highest BCUT2D eigenvalue weighted by atomic mass is 16.6. The molecule has 0 saturated heterocycles. The molecule has 5 heterocycles. The number of aldehydes is 2. The molecular formula is C113H142N20O13. The van der Waals surface area contributed by atoms with Gasteiger partial charge < -0.3 is 122 Å². The lowest BCUT2D eigenvalue weighted by Crippen LogP contribution is -2.33. The molecule has 0 bridgehead atoms. The zero-order valence-corrected chi connectivity index (χ0v) is 86.3. The van der Waals surface area contributed by atoms with Gasteiger partial charge in [0.2, 0.25) is 0 Å². The molecule has 772 valence electrons. The number of H-pyrrole nitrogens is 5. The Balaban J connectivity index is 0.000000177. The molecule has 0 fully saturated rings. The second-order valence-corrected chi connectivity index (χ2v) is 37.6. The number of fused-ring (bicyclic) bond motifs is 5. The number of ether oxygens (including phenoxy) is 9. The lowest BCUT2D eigenvalue weighted by Gasteiger charge is -2.19. The third-order valence-electron chi connectivity index (χ3n) is 22.2. The van der Waals surface area contributed by atoms with Crippen LogP contribution in [0, 0.1) is 0 Å². The molecule has 0 radical (unpaired) electrons. The molecule has 0 aliphatic carbocycles. The standard InChI is InChI=1S/C34H42N6O3.C28H32N6O2.C18H18N2O2.C14H23N3O3.C11H19N3O.C8H8O2/c1-34(2,3)43-33(41)35-18-7-6-9-23-10-16-27-29(21-23)38-31(36-27)24-11-13-25(14-12-24)32-37-28-17-15-26(22-30(28)39-32)42-20-8-19-40(4)5;1-34(2)14-4-16-36-22-10-12-24-26(18-22)33-28(31-24)20-7-5-19(6-8-20)27-30-23-11-9-21(17-25(23)32-27)35-15-3-13-29;1-2-3-10-22-15-8-9-16-17(11-15)20-18(19-16)14-6-4-13(12-21)5-7-14;1-14(2,3)20-13(18)17-7-4-8-19-10-5-6-11(15)12(16)9-10;1-14(2)6-3-7-15-9-4-5-10(12)11(13)8-9;1-10-8-4-2-7(6-9)3-5-8/h10-17,21-22H,6-9,18-20H2,1-5H3,(H,35,41)(H,36,38)(H,37,39);5-12,17-18H,3-4,13-16,29H2,1-2H3,(H,30,32)(H,31,33);4-9,11-12H,2-3,10H2,1H3,(H,19,20);5-6,9H,4,7-8,15-16H2,1-3H3,(H,17,18);4-5,8H,3,6-7,12-13H2,1-2H3;2-6H,1H3. The van der Waals surface area contributed by atoms with Gasteiger partial charge in [0, 0.05) is 108 Å². The van der Waals surface area contributed by atoms with Gasteiger partial charge in [-0.3, -0.25) is 9.59 Å². The number of benzene rings is 11. The van der Waals surface area contributed by atoms with Crippen molar-refractivity contribution in [3.8, 4) is 97.2 Å². The first-order chi connectivity index (χ1) is 70.2. The number of methoxy groups -OCH3 is 1. The number of nitrogens with two attached hydrogens (primary N) is 5. The van der Waals surface area contributed by atoms with Crippen LogP contribution >= 0.6 is 0 Å². The van der Waals surface area contributed by atoms with E-state index in [1.165, 1.54) is 5.56 Å². The summed E-state index contributed by atoms with van der Waals surface area (Å²) in [6.07, 6.45) is 10.3. The Hall–Kier alpha value is -15.7. The fraction of sp³-hybridized carbons (Fsp3) is 0.336. The smallest absolute Gasteiger partial charge is 0.407 e. The Bertz CT molecular complexity index is 6760. The normalized spacial score (nSPS) is 11.2. The van der Waals surface area contributed by atoms with E-state index in [1.807, 2.05) is 147 Å². The lowest BCUT2D eigenvalue weighted by molar-refractivity contribution is 0.0514. The van der Waals surface area contributed by atoms with Gasteiger partial charge >= 0.3 is 12.2 Å². The summed E-state index contributed by atoms with van der Waals surface area (Å²) in [5.41, 5.74) is 46.2. The van der Waals surface area contributed by atoms with Crippen LogP contribution in [-0.4, -0.2) is 229 Å². The van der Waals surface area contributed by atoms with Crippen molar-refractivity contribution in [1.82, 2.24) is 75.2 Å². The van der Waals surface area contributed by atoms with Gasteiger partial charge in [-0.15, -0.1) is 0 Å². The molecule has 2 amide bonds. The summed E-state index contributed by atoms with van der Waals surface area (Å²) in [5, 5.41) is 5.48. The maximum absolute atomic E-state index is 11.8. The number of carbonyl (C=O) groups is 4. The van der Waals surface area contributed by atoms with Crippen LogP contribution in [0.2, 0.25) is 0 Å². The van der Waals surface area contributed by atoms with E-state index in [4.69, 9.17) is 91.2 Å². The Morgan fingerprint density at radius 2 is 0.616 bits per heavy atom. The van der Waals surface area contributed by atoms with Gasteiger partial charge in [0.15, 0.2) is 0 Å². The van der Waals surface area contributed by atoms with Crippen LogP contribution in [0.3, 0.4) is 0 Å². The quantitative estimate of drug-likeness (QED) is 0.00962. The minimum absolute atomic E-state index is 0.365. The highest BCUT2D eigenvalue weighted by molar-refractivity contribution is 5.87. The minimum Gasteiger partial charge on any atom is -0.497 e. The molecule has 16 aromatic rings. The molecule has 0 saturated carbocycles. The van der Waals surface area contributed by atoms with Crippen molar-refractivity contribution >= 4 is 103 Å². The number of imidazole rings is 5. The van der Waals surface area contributed by atoms with Gasteiger partial charge in [-0.05, 0) is 263 Å². The molecule has 146 heavy (non-hydrogen) atoms. The van der Waals surface area contributed by atoms with Gasteiger partial charge in [-0.25, -0.2) is 34.5 Å². The Morgan fingerprint density at radius 3 is 0.925 bits per heavy atom. The average Bonchev–Trinajstić information content (AvgIpc) is 1.64. The molecule has 0 spiro atoms. The van der Waals surface area contributed by atoms with Crippen molar-refractivity contribution < 1.29 is 61.8 Å². The summed E-state index contributed by atoms with van der Waals surface area (Å²) in [6.45, 7) is 21.8. The summed E-state index contributed by atoms with van der Waals surface area (Å²) < 4.78 is 49.6. The highest BCUT2D eigenvalue weighted by Crippen LogP contribution is 2.33. The second kappa shape index (κ2) is 55.8. The van der Waals surface area contributed by atoms with Crippen LogP contribution in [0.15, 0.2) is 224 Å². The van der Waals surface area contributed by atoms with E-state index in [0.717, 1.165) is 243 Å². The average molecular weight is 1990 g/mol. The molecule has 11 aromatic carbocycles. The monoisotopic (exact) mass is 1990 g/mol. The van der Waals surface area contributed by atoms with E-state index in [-0.39, 0.29) is 6.09 Å². The minimum atomic E-state index is -0.484. The number of hydrogen-bond donors (Lipinski definition) is 12. The number of aryl methyl sites for hydroxylation is 1. The van der Waals surface area contributed by atoms with Crippen molar-refractivity contribution in [3.05, 3.63) is 241 Å². The number of aromatic nitrogens is 10. The zero-order valence-electron chi connectivity index (χ0n) is 86.3. The van der Waals surface area contributed by atoms with E-state index in [0.29, 0.717) is 98.7 Å². The third-order valence-corrected chi connectivity index (χ3v) is 22.2. The number of rotatable bonds is 41. The lowest BCUT2D eigenvalue weighted by atomic mass is 10.1. The van der Waals surface area contributed by atoms with E-state index < -0.39 is 17.3 Å². The van der Waals surface area contributed by atoms with E-state index >= 15 is 0 Å². The molecule has 0 aliphatic heterocycles. The van der Waals surface area contributed by atoms with E-state index in [9.17, 15) is 19.2 Å². The maximum Gasteiger partial charge on any atom is 0.407 e. The molecular weight excluding hydrogens is 1850 g/mol. The number of nitrogen functional groups attached to an aromatic ring is 4. The van der Waals surface area contributed by atoms with Crippen molar-refractivity contribution in [2.75, 3.05) is 151 Å². The van der Waals surface area contributed by atoms with Crippen LogP contribution in [0.1, 0.15) is 133 Å². The molecule has 0 atom stereocenters. The fourth-order valence-electron chi connectivity index (χ4n) is 14.5. The number of aromatic amines is 5. The number of nitrogens with zero attached hydrogens (tertiary/aromatic N) is 8. The number of carbonyl (C=O) groups excluding carboxylic acids is 4. The van der Waals surface area contributed by atoms with Gasteiger partial charge in [0.05, 0.1) is 125 Å². The van der Waals surface area contributed by atoms with Crippen molar-refractivity contribution in [1.29, 1.82) is 0 Å². The first-order valence-corrected chi connectivity index (χ1v) is 49.2. The van der Waals surface area contributed by atoms with Crippen LogP contribution in [0.25, 0.3) is 112 Å². The van der Waals surface area contributed by atoms with Crippen LogP contribution in [-0.2, 0) is 15.9 Å². The zero-order chi connectivity index (χ0) is 104. The number of anilines is 4. The van der Waals surface area contributed by atoms with Gasteiger partial charge in [0.25, 0.3) is 0 Å². The summed E-state index contributed by atoms with van der Waals surface area (Å²) in [5.74, 6) is 9.66. The topological polar surface area (TPSA) is 459 Å². The number of hydrogen-bond acceptors (Lipinski definition) is 26. The molecule has 0 unspecified atom stereocenters. The highest BCUT2D eigenvalue weighted by Gasteiger charge is 2.20. The molecule has 17 N–H and O–H groups in total. The third kappa shape index (κ3) is 36.6. The maximum atomic E-state index is 11.8. The van der Waals surface area contributed by atoms with Crippen LogP contribution < -0.4 is 72.5 Å². The number of nitrogens with one attached hydrogen (secondary N) is 7. The number of amides is 2. The largest absolute Gasteiger partial charge is 0.497 e. The Morgan fingerprint density at radius 1 is 0.336 bits per heavy atom. The molecule has 33 heteroatoms. The Labute approximate surface area is 854 Å². The van der Waals surface area contributed by atoms with Crippen LogP contribution in [0.4, 0.5) is 32.3 Å². The van der Waals surface area contributed by atoms with Gasteiger partial charge in [0.1, 0.15) is 93.1 Å².